The number of hydrogen-bond donors (Lipinski definition) is 1. The quantitative estimate of drug-likeness (QED) is 0.629. The molecule has 0 saturated heterocycles. The highest BCUT2D eigenvalue weighted by Gasteiger charge is 2.13. The van der Waals surface area contributed by atoms with Crippen LogP contribution in [0.4, 0.5) is 4.39 Å². The topological polar surface area (TPSA) is 72.0 Å². The molecule has 0 saturated carbocycles. The second kappa shape index (κ2) is 4.32. The zero-order valence-corrected chi connectivity index (χ0v) is 8.99. The van der Waals surface area contributed by atoms with Gasteiger partial charge in [-0.2, -0.15) is 4.39 Å². The Hall–Kier alpha value is -2.24. The largest absolute Gasteiger partial charge is 0.462 e. The molecule has 2 heterocycles. The van der Waals surface area contributed by atoms with Crippen molar-refractivity contribution < 1.29 is 13.9 Å². The third kappa shape index (κ3) is 2.15. The van der Waals surface area contributed by atoms with Gasteiger partial charge in [-0.15, -0.1) is 0 Å². The molecule has 0 amide bonds. The number of ether oxygens (including phenoxy) is 1. The zero-order valence-electron chi connectivity index (χ0n) is 8.99. The Morgan fingerprint density at radius 2 is 2.29 bits per heavy atom. The number of nitrogens with zero attached hydrogens (tertiary/aromatic N) is 1. The van der Waals surface area contributed by atoms with Crippen LogP contribution in [-0.2, 0) is 4.74 Å². The maximum absolute atomic E-state index is 12.8. The van der Waals surface area contributed by atoms with Crippen LogP contribution in [0.5, 0.6) is 0 Å². The number of halogens is 1. The SMILES string of the molecule is CCOC(=O)c1cc2ccc(F)nc2[nH]c1=O. The monoisotopic (exact) mass is 236 g/mol. The molecule has 0 radical (unpaired) electrons. The fraction of sp³-hybridized carbons (Fsp3) is 0.182. The van der Waals surface area contributed by atoms with E-state index in [4.69, 9.17) is 4.74 Å². The molecule has 88 valence electrons. The van der Waals surface area contributed by atoms with Gasteiger partial charge in [0.25, 0.3) is 5.56 Å². The summed E-state index contributed by atoms with van der Waals surface area (Å²) < 4.78 is 17.6. The van der Waals surface area contributed by atoms with E-state index in [0.29, 0.717) is 5.39 Å². The highest BCUT2D eigenvalue weighted by molar-refractivity contribution is 5.92. The van der Waals surface area contributed by atoms with Crippen LogP contribution in [0.15, 0.2) is 23.0 Å². The summed E-state index contributed by atoms with van der Waals surface area (Å²) in [5.74, 6) is -1.41. The number of rotatable bonds is 2. The van der Waals surface area contributed by atoms with E-state index >= 15 is 0 Å². The van der Waals surface area contributed by atoms with Crippen molar-refractivity contribution >= 4 is 17.0 Å². The van der Waals surface area contributed by atoms with Crippen molar-refractivity contribution in [3.8, 4) is 0 Å². The van der Waals surface area contributed by atoms with Gasteiger partial charge in [-0.25, -0.2) is 9.78 Å². The van der Waals surface area contributed by atoms with E-state index in [9.17, 15) is 14.0 Å². The van der Waals surface area contributed by atoms with Crippen molar-refractivity contribution in [1.29, 1.82) is 0 Å². The van der Waals surface area contributed by atoms with Crippen molar-refractivity contribution in [1.82, 2.24) is 9.97 Å². The summed E-state index contributed by atoms with van der Waals surface area (Å²) in [6.07, 6.45) is 0. The van der Waals surface area contributed by atoms with Gasteiger partial charge in [0.2, 0.25) is 5.95 Å². The van der Waals surface area contributed by atoms with E-state index in [1.165, 1.54) is 12.1 Å². The number of hydrogen-bond acceptors (Lipinski definition) is 4. The molecule has 17 heavy (non-hydrogen) atoms. The van der Waals surface area contributed by atoms with Gasteiger partial charge in [0, 0.05) is 5.39 Å². The average molecular weight is 236 g/mol. The van der Waals surface area contributed by atoms with Crippen molar-refractivity contribution in [3.05, 3.63) is 40.1 Å². The molecule has 0 aliphatic carbocycles. The molecule has 2 rings (SSSR count). The van der Waals surface area contributed by atoms with Crippen LogP contribution in [-0.4, -0.2) is 22.5 Å². The Bertz CT molecular complexity index is 636. The van der Waals surface area contributed by atoms with E-state index < -0.39 is 17.5 Å². The highest BCUT2D eigenvalue weighted by atomic mass is 19.1. The van der Waals surface area contributed by atoms with Gasteiger partial charge in [0.05, 0.1) is 6.61 Å². The number of esters is 1. The number of nitrogens with one attached hydrogen (secondary N) is 1. The lowest BCUT2D eigenvalue weighted by Crippen LogP contribution is -2.19. The fourth-order valence-electron chi connectivity index (χ4n) is 1.42. The van der Waals surface area contributed by atoms with Gasteiger partial charge in [-0.1, -0.05) is 0 Å². The first-order chi connectivity index (χ1) is 8.11. The van der Waals surface area contributed by atoms with Crippen LogP contribution in [0.25, 0.3) is 11.0 Å². The van der Waals surface area contributed by atoms with Crippen LogP contribution >= 0.6 is 0 Å². The minimum atomic E-state index is -0.708. The molecule has 0 atom stereocenters. The number of aromatic amines is 1. The predicted octanol–water partition coefficient (Wildman–Crippen LogP) is 1.24. The average Bonchev–Trinajstić information content (AvgIpc) is 2.28. The van der Waals surface area contributed by atoms with Gasteiger partial charge in [-0.3, -0.25) is 4.79 Å². The second-order valence-corrected chi connectivity index (χ2v) is 3.30. The number of carbonyl (C=O) groups is 1. The third-order valence-corrected chi connectivity index (χ3v) is 2.16. The fourth-order valence-corrected chi connectivity index (χ4v) is 1.42. The summed E-state index contributed by atoms with van der Waals surface area (Å²) in [5, 5.41) is 0.467. The molecule has 0 aliphatic rings. The van der Waals surface area contributed by atoms with E-state index in [-0.39, 0.29) is 17.8 Å². The molecule has 0 unspecified atom stereocenters. The Kier molecular flexibility index (Phi) is 2.86. The maximum atomic E-state index is 12.8. The van der Waals surface area contributed by atoms with Crippen LogP contribution in [0.1, 0.15) is 17.3 Å². The Morgan fingerprint density at radius 3 is 3.00 bits per heavy atom. The van der Waals surface area contributed by atoms with Crippen molar-refractivity contribution in [2.45, 2.75) is 6.92 Å². The summed E-state index contributed by atoms with van der Waals surface area (Å²) in [6.45, 7) is 1.82. The minimum absolute atomic E-state index is 0.100. The molecule has 6 heteroatoms. The highest BCUT2D eigenvalue weighted by Crippen LogP contribution is 2.09. The van der Waals surface area contributed by atoms with E-state index in [1.54, 1.807) is 6.92 Å². The number of carbonyl (C=O) groups excluding carboxylic acids is 1. The van der Waals surface area contributed by atoms with Gasteiger partial charge >= 0.3 is 5.97 Å². The molecule has 0 aromatic carbocycles. The van der Waals surface area contributed by atoms with Crippen LogP contribution in [0.2, 0.25) is 0 Å². The minimum Gasteiger partial charge on any atom is -0.462 e. The first kappa shape index (κ1) is 11.3. The first-order valence-corrected chi connectivity index (χ1v) is 4.98. The molecule has 0 aliphatic heterocycles. The van der Waals surface area contributed by atoms with Crippen molar-refractivity contribution in [2.24, 2.45) is 0 Å². The van der Waals surface area contributed by atoms with Crippen molar-refractivity contribution in [2.75, 3.05) is 6.61 Å². The van der Waals surface area contributed by atoms with Gasteiger partial charge in [-0.05, 0) is 25.1 Å². The molecular formula is C11H9FN2O3. The third-order valence-electron chi connectivity index (χ3n) is 2.16. The molecule has 0 bridgehead atoms. The normalized spacial score (nSPS) is 10.5. The summed E-state index contributed by atoms with van der Waals surface area (Å²) in [4.78, 5) is 28.8. The summed E-state index contributed by atoms with van der Waals surface area (Å²) in [7, 11) is 0. The summed E-state index contributed by atoms with van der Waals surface area (Å²) >= 11 is 0. The lowest BCUT2D eigenvalue weighted by molar-refractivity contribution is 0.0524. The Balaban J connectivity index is 2.60. The Labute approximate surface area is 95.2 Å². The Morgan fingerprint density at radius 1 is 1.53 bits per heavy atom. The first-order valence-electron chi connectivity index (χ1n) is 4.98. The lowest BCUT2D eigenvalue weighted by atomic mass is 10.2. The van der Waals surface area contributed by atoms with E-state index in [0.717, 1.165) is 6.07 Å². The van der Waals surface area contributed by atoms with Gasteiger partial charge < -0.3 is 9.72 Å². The summed E-state index contributed by atoms with van der Waals surface area (Å²) in [5.41, 5.74) is -0.662. The van der Waals surface area contributed by atoms with Gasteiger partial charge in [0.15, 0.2) is 0 Å². The van der Waals surface area contributed by atoms with Crippen LogP contribution in [0.3, 0.4) is 0 Å². The zero-order chi connectivity index (χ0) is 12.4. The molecule has 0 fully saturated rings. The number of aromatic nitrogens is 2. The second-order valence-electron chi connectivity index (χ2n) is 3.30. The lowest BCUT2D eigenvalue weighted by Gasteiger charge is -2.02. The molecular weight excluding hydrogens is 227 g/mol. The summed E-state index contributed by atoms with van der Waals surface area (Å²) in [6, 6.07) is 3.91. The molecule has 2 aromatic heterocycles. The molecule has 1 N–H and O–H groups in total. The van der Waals surface area contributed by atoms with Gasteiger partial charge in [0.1, 0.15) is 11.2 Å². The predicted molar refractivity (Wildman–Crippen MR) is 58.3 cm³/mol. The molecule has 0 spiro atoms. The van der Waals surface area contributed by atoms with Crippen LogP contribution in [0, 0.1) is 5.95 Å². The number of fused-ring (bicyclic) bond motifs is 1. The smallest absolute Gasteiger partial charge is 0.343 e. The number of H-pyrrole nitrogens is 1. The maximum Gasteiger partial charge on any atom is 0.343 e. The van der Waals surface area contributed by atoms with E-state index in [1.807, 2.05) is 0 Å². The van der Waals surface area contributed by atoms with Crippen molar-refractivity contribution in [3.63, 3.8) is 0 Å². The van der Waals surface area contributed by atoms with Crippen LogP contribution < -0.4 is 5.56 Å². The molecule has 5 nitrogen and oxygen atoms in total. The number of pyridine rings is 2. The standard InChI is InChI=1S/C11H9FN2O3/c1-2-17-11(16)7-5-6-3-4-8(12)13-9(6)14-10(7)15/h3-5H,2H2,1H3,(H,13,14,15). The van der Waals surface area contributed by atoms with E-state index in [2.05, 4.69) is 9.97 Å². The molecule has 2 aromatic rings.